The summed E-state index contributed by atoms with van der Waals surface area (Å²) in [6.45, 7) is 6.56. The predicted molar refractivity (Wildman–Crippen MR) is 130 cm³/mol. The first kappa shape index (κ1) is 21.1. The van der Waals surface area contributed by atoms with Crippen molar-refractivity contribution in [2.24, 2.45) is 0 Å². The molecule has 1 aliphatic heterocycles. The van der Waals surface area contributed by atoms with Crippen LogP contribution in [-0.4, -0.2) is 64.8 Å². The molecule has 1 fully saturated rings. The third-order valence-electron chi connectivity index (χ3n) is 6.02. The number of nitrogens with one attached hydrogen (secondary N) is 2. The van der Waals surface area contributed by atoms with Crippen molar-refractivity contribution in [3.63, 3.8) is 0 Å². The Morgan fingerprint density at radius 3 is 2.73 bits per heavy atom. The summed E-state index contributed by atoms with van der Waals surface area (Å²) in [4.78, 5) is 15.3. The van der Waals surface area contributed by atoms with Crippen molar-refractivity contribution in [3.8, 4) is 0 Å². The van der Waals surface area contributed by atoms with Crippen LogP contribution in [0.5, 0.6) is 0 Å². The smallest absolute Gasteiger partial charge is 0.229 e. The molecule has 1 saturated heterocycles. The van der Waals surface area contributed by atoms with E-state index in [1.165, 1.54) is 6.20 Å². The molecule has 3 heterocycles. The Bertz CT molecular complexity index is 1250. The van der Waals surface area contributed by atoms with E-state index < -0.39 is 5.82 Å². The average Bonchev–Trinajstić information content (AvgIpc) is 3.32. The van der Waals surface area contributed by atoms with Gasteiger partial charge in [-0.25, -0.2) is 9.37 Å². The van der Waals surface area contributed by atoms with E-state index in [-0.39, 0.29) is 5.82 Å². The van der Waals surface area contributed by atoms with Gasteiger partial charge in [0.2, 0.25) is 5.95 Å². The Hall–Kier alpha value is -3.72. The molecule has 2 aromatic carbocycles. The van der Waals surface area contributed by atoms with Crippen LogP contribution >= 0.6 is 0 Å². The lowest BCUT2D eigenvalue weighted by Gasteiger charge is -2.34. The first-order chi connectivity index (χ1) is 16.1. The van der Waals surface area contributed by atoms with E-state index in [1.807, 2.05) is 42.2 Å². The Kier molecular flexibility index (Phi) is 5.78. The second-order valence-electron chi connectivity index (χ2n) is 8.18. The Balaban J connectivity index is 1.42. The monoisotopic (exact) mass is 446 g/mol. The molecule has 0 atom stereocenters. The van der Waals surface area contributed by atoms with Crippen molar-refractivity contribution in [1.29, 1.82) is 0 Å². The third-order valence-corrected chi connectivity index (χ3v) is 6.02. The zero-order valence-corrected chi connectivity index (χ0v) is 18.8. The topological polar surface area (TPSA) is 76.2 Å². The number of aromatic nitrogens is 4. The van der Waals surface area contributed by atoms with Gasteiger partial charge in [-0.3, -0.25) is 5.10 Å². The number of H-pyrrole nitrogens is 1. The minimum Gasteiger partial charge on any atom is -0.369 e. The largest absolute Gasteiger partial charge is 0.369 e. The van der Waals surface area contributed by atoms with E-state index in [2.05, 4.69) is 54.5 Å². The van der Waals surface area contributed by atoms with Gasteiger partial charge in [0.05, 0.1) is 23.6 Å². The van der Waals surface area contributed by atoms with Crippen LogP contribution in [0.3, 0.4) is 0 Å². The zero-order valence-electron chi connectivity index (χ0n) is 18.8. The highest BCUT2D eigenvalue weighted by Gasteiger charge is 2.19. The molecule has 0 radical (unpaired) electrons. The van der Waals surface area contributed by atoms with Crippen LogP contribution in [0.1, 0.15) is 6.92 Å². The summed E-state index contributed by atoms with van der Waals surface area (Å²) in [7, 11) is 2.14. The number of aromatic amines is 1. The number of nitrogens with zero attached hydrogens (tertiary/aromatic N) is 6. The average molecular weight is 447 g/mol. The van der Waals surface area contributed by atoms with Crippen molar-refractivity contribution in [2.75, 3.05) is 54.9 Å². The number of rotatable bonds is 6. The van der Waals surface area contributed by atoms with Crippen molar-refractivity contribution < 1.29 is 4.39 Å². The molecule has 2 N–H and O–H groups in total. The molecule has 0 amide bonds. The number of fused-ring (bicyclic) bond motifs is 1. The first-order valence-electron chi connectivity index (χ1n) is 11.1. The molecule has 5 rings (SSSR count). The molecule has 0 saturated carbocycles. The van der Waals surface area contributed by atoms with Crippen molar-refractivity contribution in [3.05, 3.63) is 60.7 Å². The second kappa shape index (κ2) is 9.03. The minimum absolute atomic E-state index is 0.221. The van der Waals surface area contributed by atoms with Gasteiger partial charge in [0.1, 0.15) is 0 Å². The van der Waals surface area contributed by atoms with Crippen LogP contribution in [-0.2, 0) is 0 Å². The molecule has 9 heteroatoms. The van der Waals surface area contributed by atoms with E-state index in [1.54, 1.807) is 6.20 Å². The minimum atomic E-state index is -0.478. The van der Waals surface area contributed by atoms with E-state index >= 15 is 0 Å². The summed E-state index contributed by atoms with van der Waals surface area (Å²) in [5, 5.41) is 11.2. The zero-order chi connectivity index (χ0) is 22.8. The summed E-state index contributed by atoms with van der Waals surface area (Å²) in [6, 6.07) is 14.0. The summed E-state index contributed by atoms with van der Waals surface area (Å²) in [6.07, 6.45) is 2.96. The van der Waals surface area contributed by atoms with Crippen molar-refractivity contribution in [2.45, 2.75) is 6.92 Å². The quantitative estimate of drug-likeness (QED) is 0.461. The Morgan fingerprint density at radius 1 is 1.09 bits per heavy atom. The molecule has 0 unspecified atom stereocenters. The van der Waals surface area contributed by atoms with Gasteiger partial charge in [-0.15, -0.1) is 0 Å². The lowest BCUT2D eigenvalue weighted by atomic mass is 10.2. The van der Waals surface area contributed by atoms with E-state index in [9.17, 15) is 4.39 Å². The number of halogens is 1. The maximum atomic E-state index is 14.9. The second-order valence-corrected chi connectivity index (χ2v) is 8.18. The lowest BCUT2D eigenvalue weighted by molar-refractivity contribution is 0.313. The van der Waals surface area contributed by atoms with Gasteiger partial charge in [0, 0.05) is 49.5 Å². The van der Waals surface area contributed by atoms with E-state index in [0.29, 0.717) is 12.5 Å². The van der Waals surface area contributed by atoms with Crippen LogP contribution < -0.4 is 15.1 Å². The van der Waals surface area contributed by atoms with Gasteiger partial charge < -0.3 is 20.0 Å². The van der Waals surface area contributed by atoms with Crippen molar-refractivity contribution >= 4 is 39.7 Å². The van der Waals surface area contributed by atoms with E-state index in [4.69, 9.17) is 0 Å². The maximum absolute atomic E-state index is 14.9. The van der Waals surface area contributed by atoms with Gasteiger partial charge in [0.25, 0.3) is 0 Å². The van der Waals surface area contributed by atoms with E-state index in [0.717, 1.165) is 54.1 Å². The fourth-order valence-electron chi connectivity index (χ4n) is 4.20. The maximum Gasteiger partial charge on any atom is 0.229 e. The van der Waals surface area contributed by atoms with Crippen LogP contribution in [0.2, 0.25) is 0 Å². The number of benzene rings is 2. The molecule has 0 bridgehead atoms. The Morgan fingerprint density at radius 2 is 1.91 bits per heavy atom. The molecule has 170 valence electrons. The molecule has 0 spiro atoms. The molecule has 8 nitrogen and oxygen atoms in total. The van der Waals surface area contributed by atoms with Crippen LogP contribution in [0.15, 0.2) is 54.9 Å². The van der Waals surface area contributed by atoms with Gasteiger partial charge in [-0.2, -0.15) is 10.1 Å². The van der Waals surface area contributed by atoms with Crippen molar-refractivity contribution in [1.82, 2.24) is 25.1 Å². The molecule has 2 aromatic heterocycles. The lowest BCUT2D eigenvalue weighted by Crippen LogP contribution is -2.44. The van der Waals surface area contributed by atoms with Gasteiger partial charge >= 0.3 is 0 Å². The Labute approximate surface area is 192 Å². The molecular formula is C24H27FN8. The fourth-order valence-corrected chi connectivity index (χ4v) is 4.20. The van der Waals surface area contributed by atoms with Gasteiger partial charge in [0.15, 0.2) is 11.6 Å². The van der Waals surface area contributed by atoms with Crippen LogP contribution in [0.4, 0.5) is 33.2 Å². The van der Waals surface area contributed by atoms with Crippen LogP contribution in [0.25, 0.3) is 10.9 Å². The number of anilines is 5. The summed E-state index contributed by atoms with van der Waals surface area (Å²) in [5.74, 6) is 0.0905. The molecule has 33 heavy (non-hydrogen) atoms. The number of likely N-dealkylation sites (N-methyl/N-ethyl adjacent to an activating group) is 1. The highest BCUT2D eigenvalue weighted by Crippen LogP contribution is 2.32. The molecule has 1 aliphatic rings. The van der Waals surface area contributed by atoms with Gasteiger partial charge in [-0.05, 0) is 44.3 Å². The molecule has 0 aliphatic carbocycles. The van der Waals surface area contributed by atoms with Gasteiger partial charge in [-0.1, -0.05) is 12.1 Å². The number of hydrogen-bond acceptors (Lipinski definition) is 7. The highest BCUT2D eigenvalue weighted by atomic mass is 19.1. The number of hydrogen-bond donors (Lipinski definition) is 2. The SMILES string of the molecule is CCN(c1nc(Nc2cccc(N3CCN(C)CC3)c2)ncc1F)c1cccc2[nH]ncc12. The summed E-state index contributed by atoms with van der Waals surface area (Å²) < 4.78 is 14.9. The van der Waals surface area contributed by atoms with Crippen LogP contribution in [0, 0.1) is 5.82 Å². The summed E-state index contributed by atoms with van der Waals surface area (Å²) >= 11 is 0. The third kappa shape index (κ3) is 4.31. The fraction of sp³-hybridized carbons (Fsp3) is 0.292. The molecular weight excluding hydrogens is 419 g/mol. The normalized spacial score (nSPS) is 14.6. The standard InChI is InChI=1S/C24H27FN8/c1-3-33(22-9-5-8-21-19(22)15-27-30-21)23-20(25)16-26-24(29-23)28-17-6-4-7-18(14-17)32-12-10-31(2)11-13-32/h4-9,14-16H,3,10-13H2,1-2H3,(H,27,30)(H,26,28,29). The first-order valence-corrected chi connectivity index (χ1v) is 11.1. The number of piperazine rings is 1. The highest BCUT2D eigenvalue weighted by molar-refractivity contribution is 5.93. The molecule has 4 aromatic rings. The predicted octanol–water partition coefficient (Wildman–Crippen LogP) is 4.15. The summed E-state index contributed by atoms with van der Waals surface area (Å²) in [5.41, 5.74) is 3.74.